The maximum Gasteiger partial charge on any atom is 0.279 e. The van der Waals surface area contributed by atoms with Crippen molar-refractivity contribution < 1.29 is 4.74 Å². The lowest BCUT2D eigenvalue weighted by Gasteiger charge is -2.19. The Kier molecular flexibility index (Phi) is 3.33. The third-order valence-electron chi connectivity index (χ3n) is 3.30. The fraction of sp³-hybridized carbons (Fsp3) is 0.235. The number of rotatable bonds is 2. The Balaban J connectivity index is 1.91. The zero-order chi connectivity index (χ0) is 15.0. The lowest BCUT2D eigenvalue weighted by atomic mass is 9.87. The first-order valence-corrected chi connectivity index (χ1v) is 7.68. The highest BCUT2D eigenvalue weighted by Crippen LogP contribution is 2.33. The number of anilines is 1. The minimum atomic E-state index is 0.0986. The molecule has 1 aromatic heterocycles. The highest BCUT2D eigenvalue weighted by atomic mass is 32.1. The van der Waals surface area contributed by atoms with Crippen LogP contribution in [0.2, 0.25) is 0 Å². The van der Waals surface area contributed by atoms with Gasteiger partial charge in [-0.25, -0.2) is 4.98 Å². The van der Waals surface area contributed by atoms with Gasteiger partial charge in [0.15, 0.2) is 0 Å². The average Bonchev–Trinajstić information content (AvgIpc) is 2.79. The summed E-state index contributed by atoms with van der Waals surface area (Å²) in [5.41, 5.74) is 8.79. The first-order chi connectivity index (χ1) is 9.91. The van der Waals surface area contributed by atoms with E-state index in [9.17, 15) is 0 Å². The van der Waals surface area contributed by atoms with Crippen LogP contribution >= 0.6 is 11.3 Å². The molecule has 0 saturated carbocycles. The van der Waals surface area contributed by atoms with Crippen molar-refractivity contribution in [2.45, 2.75) is 26.2 Å². The summed E-state index contributed by atoms with van der Waals surface area (Å²) in [6.07, 6.45) is 0. The number of nitrogen functional groups attached to an aromatic ring is 1. The largest absolute Gasteiger partial charge is 0.431 e. The molecule has 0 aliphatic heterocycles. The molecule has 0 unspecified atom stereocenters. The summed E-state index contributed by atoms with van der Waals surface area (Å²) < 4.78 is 6.94. The van der Waals surface area contributed by atoms with Crippen molar-refractivity contribution in [2.75, 3.05) is 5.73 Å². The van der Waals surface area contributed by atoms with Gasteiger partial charge in [-0.15, -0.1) is 0 Å². The second-order valence-corrected chi connectivity index (χ2v) is 7.08. The van der Waals surface area contributed by atoms with E-state index in [4.69, 9.17) is 10.5 Å². The number of ether oxygens (including phenoxy) is 1. The van der Waals surface area contributed by atoms with Crippen LogP contribution in [0.25, 0.3) is 10.2 Å². The Morgan fingerprint density at radius 1 is 1.10 bits per heavy atom. The van der Waals surface area contributed by atoms with Crippen LogP contribution in [-0.2, 0) is 5.41 Å². The maximum atomic E-state index is 5.91. The van der Waals surface area contributed by atoms with Crippen molar-refractivity contribution in [2.24, 2.45) is 0 Å². The summed E-state index contributed by atoms with van der Waals surface area (Å²) in [5, 5.41) is 0.640. The van der Waals surface area contributed by atoms with Crippen LogP contribution in [0.3, 0.4) is 0 Å². The highest BCUT2D eigenvalue weighted by Gasteiger charge is 2.14. The molecule has 0 amide bonds. The number of thiazole rings is 1. The molecule has 0 aliphatic rings. The molecule has 0 radical (unpaired) electrons. The first kappa shape index (κ1) is 13.9. The number of aromatic nitrogens is 1. The Morgan fingerprint density at radius 2 is 1.90 bits per heavy atom. The summed E-state index contributed by atoms with van der Waals surface area (Å²) in [6.45, 7) is 6.56. The van der Waals surface area contributed by atoms with Gasteiger partial charge in [0.1, 0.15) is 5.75 Å². The van der Waals surface area contributed by atoms with Gasteiger partial charge in [0.05, 0.1) is 10.2 Å². The molecule has 0 aliphatic carbocycles. The van der Waals surface area contributed by atoms with Gasteiger partial charge in [-0.1, -0.05) is 44.2 Å². The third-order valence-corrected chi connectivity index (χ3v) is 4.19. The fourth-order valence-corrected chi connectivity index (χ4v) is 2.97. The van der Waals surface area contributed by atoms with Crippen LogP contribution in [-0.4, -0.2) is 4.98 Å². The average molecular weight is 298 g/mol. The Hall–Kier alpha value is -2.07. The van der Waals surface area contributed by atoms with E-state index >= 15 is 0 Å². The molecule has 108 valence electrons. The molecular weight excluding hydrogens is 280 g/mol. The standard InChI is InChI=1S/C17H18N2OS/c1-17(2,3)11-5-4-6-13(9-11)20-16-19-14-8-7-12(18)10-15(14)21-16/h4-10H,18H2,1-3H3. The number of hydrogen-bond acceptors (Lipinski definition) is 4. The highest BCUT2D eigenvalue weighted by molar-refractivity contribution is 7.20. The fourth-order valence-electron chi connectivity index (χ4n) is 2.09. The van der Waals surface area contributed by atoms with Crippen LogP contribution in [0.15, 0.2) is 42.5 Å². The molecule has 2 aromatic carbocycles. The van der Waals surface area contributed by atoms with E-state index in [-0.39, 0.29) is 5.41 Å². The van der Waals surface area contributed by atoms with Gasteiger partial charge in [-0.2, -0.15) is 0 Å². The smallest absolute Gasteiger partial charge is 0.279 e. The Morgan fingerprint density at radius 3 is 2.67 bits per heavy atom. The van der Waals surface area contributed by atoms with Gasteiger partial charge < -0.3 is 10.5 Å². The molecule has 3 aromatic rings. The molecule has 1 heterocycles. The zero-order valence-corrected chi connectivity index (χ0v) is 13.2. The lowest BCUT2D eigenvalue weighted by Crippen LogP contribution is -2.10. The minimum Gasteiger partial charge on any atom is -0.431 e. The van der Waals surface area contributed by atoms with Crippen molar-refractivity contribution in [3.63, 3.8) is 0 Å². The second-order valence-electron chi connectivity index (χ2n) is 6.09. The first-order valence-electron chi connectivity index (χ1n) is 6.86. The number of nitrogens with zero attached hydrogens (tertiary/aromatic N) is 1. The molecule has 0 spiro atoms. The van der Waals surface area contributed by atoms with Gasteiger partial charge >= 0.3 is 0 Å². The van der Waals surface area contributed by atoms with Crippen LogP contribution in [0.5, 0.6) is 10.9 Å². The number of hydrogen-bond donors (Lipinski definition) is 1. The molecule has 2 N–H and O–H groups in total. The quantitative estimate of drug-likeness (QED) is 0.680. The molecule has 21 heavy (non-hydrogen) atoms. The second kappa shape index (κ2) is 5.04. The molecule has 0 bridgehead atoms. The zero-order valence-electron chi connectivity index (χ0n) is 12.4. The van der Waals surface area contributed by atoms with E-state index in [0.29, 0.717) is 5.19 Å². The van der Waals surface area contributed by atoms with Crippen LogP contribution < -0.4 is 10.5 Å². The van der Waals surface area contributed by atoms with E-state index in [0.717, 1.165) is 21.7 Å². The molecule has 3 rings (SSSR count). The van der Waals surface area contributed by atoms with Gasteiger partial charge in [-0.3, -0.25) is 0 Å². The maximum absolute atomic E-state index is 5.91. The molecular formula is C17H18N2OS. The number of fused-ring (bicyclic) bond motifs is 1. The van der Waals surface area contributed by atoms with Crippen molar-refractivity contribution in [3.8, 4) is 10.9 Å². The molecule has 4 heteroatoms. The monoisotopic (exact) mass is 298 g/mol. The summed E-state index contributed by atoms with van der Waals surface area (Å²) in [5.74, 6) is 0.814. The Labute approximate surface area is 128 Å². The van der Waals surface area contributed by atoms with Crippen LogP contribution in [0.4, 0.5) is 5.69 Å². The van der Waals surface area contributed by atoms with Gasteiger partial charge in [0.2, 0.25) is 0 Å². The van der Waals surface area contributed by atoms with E-state index in [1.165, 1.54) is 16.9 Å². The summed E-state index contributed by atoms with van der Waals surface area (Å²) in [6, 6.07) is 13.8. The van der Waals surface area contributed by atoms with E-state index in [1.54, 1.807) is 0 Å². The number of benzene rings is 2. The van der Waals surface area contributed by atoms with Gasteiger partial charge in [0.25, 0.3) is 5.19 Å². The van der Waals surface area contributed by atoms with Gasteiger partial charge in [0, 0.05) is 5.69 Å². The molecule has 0 fully saturated rings. The van der Waals surface area contributed by atoms with E-state index < -0.39 is 0 Å². The van der Waals surface area contributed by atoms with Crippen molar-refractivity contribution in [1.29, 1.82) is 0 Å². The molecule has 3 nitrogen and oxygen atoms in total. The summed E-state index contributed by atoms with van der Waals surface area (Å²) in [4.78, 5) is 4.48. The molecule has 0 atom stereocenters. The molecule has 0 saturated heterocycles. The van der Waals surface area contributed by atoms with E-state index in [2.05, 4.69) is 37.9 Å². The van der Waals surface area contributed by atoms with Gasteiger partial charge in [-0.05, 0) is 41.3 Å². The SMILES string of the molecule is CC(C)(C)c1cccc(Oc2nc3ccc(N)cc3s2)c1. The van der Waals surface area contributed by atoms with Crippen LogP contribution in [0, 0.1) is 0 Å². The predicted molar refractivity (Wildman–Crippen MR) is 89.2 cm³/mol. The van der Waals surface area contributed by atoms with Crippen LogP contribution in [0.1, 0.15) is 26.3 Å². The van der Waals surface area contributed by atoms with Crippen molar-refractivity contribution in [1.82, 2.24) is 4.98 Å². The minimum absolute atomic E-state index is 0.0986. The normalized spacial score (nSPS) is 11.8. The number of nitrogens with two attached hydrogens (primary N) is 1. The van der Waals surface area contributed by atoms with Crippen molar-refractivity contribution >= 4 is 27.2 Å². The van der Waals surface area contributed by atoms with Crippen molar-refractivity contribution in [3.05, 3.63) is 48.0 Å². The van der Waals surface area contributed by atoms with E-state index in [1.807, 2.05) is 30.3 Å². The topological polar surface area (TPSA) is 48.1 Å². The predicted octanol–water partition coefficient (Wildman–Crippen LogP) is 4.97. The lowest BCUT2D eigenvalue weighted by molar-refractivity contribution is 0.476. The summed E-state index contributed by atoms with van der Waals surface area (Å²) >= 11 is 1.51. The summed E-state index contributed by atoms with van der Waals surface area (Å²) in [7, 11) is 0. The third kappa shape index (κ3) is 3.00. The Bertz CT molecular complexity index is 787.